The van der Waals surface area contributed by atoms with Crippen molar-refractivity contribution in [2.45, 2.75) is 45.1 Å². The first-order valence-electron chi connectivity index (χ1n) is 15.2. The number of nitro benzene ring substituents is 1. The van der Waals surface area contributed by atoms with Crippen LogP contribution >= 0.6 is 0 Å². The van der Waals surface area contributed by atoms with Crippen LogP contribution in [-0.4, -0.2) is 42.0 Å². The third-order valence-electron chi connectivity index (χ3n) is 7.51. The van der Waals surface area contributed by atoms with Gasteiger partial charge in [-0.15, -0.1) is 0 Å². The molecule has 0 heterocycles. The molecule has 0 atom stereocenters. The van der Waals surface area contributed by atoms with Gasteiger partial charge in [-0.3, -0.25) is 19.7 Å². The van der Waals surface area contributed by atoms with Crippen molar-refractivity contribution in [3.05, 3.63) is 123 Å². The molecule has 0 bridgehead atoms. The van der Waals surface area contributed by atoms with Crippen LogP contribution in [0.15, 0.2) is 91.0 Å². The van der Waals surface area contributed by atoms with Gasteiger partial charge >= 0.3 is 6.16 Å². The molecule has 10 nitrogen and oxygen atoms in total. The van der Waals surface area contributed by atoms with Crippen LogP contribution in [0, 0.1) is 17.0 Å². The molecule has 4 aromatic rings. The first-order valence-corrected chi connectivity index (χ1v) is 15.2. The van der Waals surface area contributed by atoms with Gasteiger partial charge in [-0.25, -0.2) is 4.79 Å². The van der Waals surface area contributed by atoms with Crippen molar-refractivity contribution in [3.8, 4) is 22.6 Å². The fourth-order valence-electron chi connectivity index (χ4n) is 4.73. The molecule has 1 aliphatic rings. The molecule has 0 unspecified atom stereocenters. The molecule has 236 valence electrons. The van der Waals surface area contributed by atoms with Crippen molar-refractivity contribution in [2.24, 2.45) is 0 Å². The van der Waals surface area contributed by atoms with Crippen molar-refractivity contribution in [3.63, 3.8) is 0 Å². The van der Waals surface area contributed by atoms with E-state index in [-0.39, 0.29) is 29.7 Å². The fraction of sp³-hybridized carbons (Fsp3) is 0.250. The van der Waals surface area contributed by atoms with E-state index >= 15 is 0 Å². The molecule has 10 heteroatoms. The van der Waals surface area contributed by atoms with Crippen molar-refractivity contribution < 1.29 is 33.5 Å². The maximum Gasteiger partial charge on any atom is 0.513 e. The van der Waals surface area contributed by atoms with Crippen LogP contribution < -0.4 is 14.8 Å². The van der Waals surface area contributed by atoms with E-state index in [0.717, 1.165) is 42.4 Å². The monoisotopic (exact) mass is 622 g/mol. The third kappa shape index (κ3) is 8.78. The van der Waals surface area contributed by atoms with Gasteiger partial charge in [0.15, 0.2) is 5.78 Å². The Balaban J connectivity index is 1.02. The second kappa shape index (κ2) is 15.0. The fourth-order valence-corrected chi connectivity index (χ4v) is 4.73. The van der Waals surface area contributed by atoms with Gasteiger partial charge in [0.05, 0.1) is 18.1 Å². The van der Waals surface area contributed by atoms with Crippen LogP contribution in [-0.2, 0) is 4.74 Å². The number of non-ortho nitro benzene ring substituents is 1. The maximum absolute atomic E-state index is 13.1. The summed E-state index contributed by atoms with van der Waals surface area (Å²) in [5, 5.41) is 13.7. The largest absolute Gasteiger partial charge is 0.513 e. The lowest BCUT2D eigenvalue weighted by atomic mass is 9.95. The van der Waals surface area contributed by atoms with Gasteiger partial charge in [0, 0.05) is 34.9 Å². The SMILES string of the molecule is Cc1ccc(C(=O)NC2CC2)cc1-c1ccc(C(=O)c2ccc(OCCCCCOC(=O)Oc3ccc([N+](=O)[O-])cc3)cc2)cc1. The van der Waals surface area contributed by atoms with Gasteiger partial charge in [-0.2, -0.15) is 0 Å². The van der Waals surface area contributed by atoms with Crippen molar-refractivity contribution >= 4 is 23.5 Å². The zero-order chi connectivity index (χ0) is 32.5. The Morgan fingerprint density at radius 3 is 2.04 bits per heavy atom. The van der Waals surface area contributed by atoms with E-state index in [4.69, 9.17) is 14.2 Å². The van der Waals surface area contributed by atoms with Crippen LogP contribution in [0.5, 0.6) is 11.5 Å². The number of ketones is 1. The number of aryl methyl sites for hydroxylation is 1. The number of amides is 1. The highest BCUT2D eigenvalue weighted by Gasteiger charge is 2.24. The highest BCUT2D eigenvalue weighted by atomic mass is 16.7. The minimum atomic E-state index is -0.870. The molecule has 0 spiro atoms. The van der Waals surface area contributed by atoms with Crippen LogP contribution in [0.4, 0.5) is 10.5 Å². The maximum atomic E-state index is 13.1. The molecule has 0 saturated heterocycles. The van der Waals surface area contributed by atoms with Gasteiger partial charge in [0.1, 0.15) is 11.5 Å². The lowest BCUT2D eigenvalue weighted by molar-refractivity contribution is -0.384. The number of benzene rings is 4. The predicted octanol–water partition coefficient (Wildman–Crippen LogP) is 7.46. The number of rotatable bonds is 14. The van der Waals surface area contributed by atoms with Crippen LogP contribution in [0.2, 0.25) is 0 Å². The molecule has 4 aromatic carbocycles. The number of nitrogens with zero attached hydrogens (tertiary/aromatic N) is 1. The zero-order valence-electron chi connectivity index (χ0n) is 25.4. The number of ether oxygens (including phenoxy) is 3. The number of nitro groups is 1. The molecule has 1 amide bonds. The molecule has 1 aliphatic carbocycles. The van der Waals surface area contributed by atoms with E-state index in [2.05, 4.69) is 5.32 Å². The quantitative estimate of drug-likeness (QED) is 0.0383. The van der Waals surface area contributed by atoms with Gasteiger partial charge in [-0.1, -0.05) is 30.3 Å². The average molecular weight is 623 g/mol. The van der Waals surface area contributed by atoms with Crippen molar-refractivity contribution in [2.75, 3.05) is 13.2 Å². The summed E-state index contributed by atoms with van der Waals surface area (Å²) in [5.41, 5.74) is 4.59. The summed E-state index contributed by atoms with van der Waals surface area (Å²) in [6, 6.07) is 25.6. The molecule has 1 N–H and O–H groups in total. The predicted molar refractivity (Wildman–Crippen MR) is 171 cm³/mol. The second-order valence-electron chi connectivity index (χ2n) is 11.1. The highest BCUT2D eigenvalue weighted by molar-refractivity contribution is 6.09. The first-order chi connectivity index (χ1) is 22.3. The zero-order valence-corrected chi connectivity index (χ0v) is 25.4. The molecule has 0 aliphatic heterocycles. The van der Waals surface area contributed by atoms with E-state index in [0.29, 0.717) is 41.5 Å². The van der Waals surface area contributed by atoms with Gasteiger partial charge in [-0.05, 0) is 104 Å². The second-order valence-corrected chi connectivity index (χ2v) is 11.1. The smallest absolute Gasteiger partial charge is 0.494 e. The van der Waals surface area contributed by atoms with Crippen molar-refractivity contribution in [1.29, 1.82) is 0 Å². The Labute approximate surface area is 266 Å². The lowest BCUT2D eigenvalue weighted by Gasteiger charge is -2.11. The van der Waals surface area contributed by atoms with Crippen LogP contribution in [0.1, 0.15) is 63.9 Å². The third-order valence-corrected chi connectivity index (χ3v) is 7.51. The average Bonchev–Trinajstić information content (AvgIpc) is 3.89. The van der Waals surface area contributed by atoms with E-state index in [1.54, 1.807) is 36.4 Å². The minimum absolute atomic E-state index is 0.0590. The normalized spacial score (nSPS) is 12.2. The Bertz CT molecular complexity index is 1700. The number of hydrogen-bond acceptors (Lipinski definition) is 8. The van der Waals surface area contributed by atoms with Crippen molar-refractivity contribution in [1.82, 2.24) is 5.32 Å². The number of nitrogens with one attached hydrogen (secondary N) is 1. The van der Waals surface area contributed by atoms with Crippen LogP contribution in [0.25, 0.3) is 11.1 Å². The Morgan fingerprint density at radius 1 is 0.783 bits per heavy atom. The molecule has 1 saturated carbocycles. The Morgan fingerprint density at radius 2 is 1.39 bits per heavy atom. The van der Waals surface area contributed by atoms with Gasteiger partial charge < -0.3 is 19.5 Å². The topological polar surface area (TPSA) is 134 Å². The summed E-state index contributed by atoms with van der Waals surface area (Å²) in [6.45, 7) is 2.64. The number of carbonyl (C=O) groups excluding carboxylic acids is 3. The first kappa shape index (κ1) is 31.9. The Hall–Kier alpha value is -5.51. The molecule has 5 rings (SSSR count). The Kier molecular flexibility index (Phi) is 10.4. The van der Waals surface area contributed by atoms with E-state index in [1.165, 1.54) is 24.3 Å². The highest BCUT2D eigenvalue weighted by Crippen LogP contribution is 2.27. The summed E-state index contributed by atoms with van der Waals surface area (Å²) in [6.07, 6.45) is 3.31. The summed E-state index contributed by atoms with van der Waals surface area (Å²) < 4.78 is 15.8. The summed E-state index contributed by atoms with van der Waals surface area (Å²) >= 11 is 0. The number of hydrogen-bond donors (Lipinski definition) is 1. The molecule has 0 radical (unpaired) electrons. The van der Waals surface area contributed by atoms with E-state index in [9.17, 15) is 24.5 Å². The minimum Gasteiger partial charge on any atom is -0.494 e. The summed E-state index contributed by atoms with van der Waals surface area (Å²) in [5.74, 6) is 0.657. The lowest BCUT2D eigenvalue weighted by Crippen LogP contribution is -2.25. The summed E-state index contributed by atoms with van der Waals surface area (Å²) in [7, 11) is 0. The molecule has 0 aromatic heterocycles. The molecular weight excluding hydrogens is 588 g/mol. The molecular formula is C36H34N2O8. The van der Waals surface area contributed by atoms with Gasteiger partial charge in [0.25, 0.3) is 11.6 Å². The van der Waals surface area contributed by atoms with Crippen LogP contribution in [0.3, 0.4) is 0 Å². The molecule has 1 fully saturated rings. The number of carbonyl (C=O) groups is 3. The standard InChI is InChI=1S/C36H34N2O8/c1-24-5-6-28(35(40)37-29-13-14-29)23-33(24)25-7-9-26(10-8-25)34(39)27-11-17-31(18-12-27)44-21-3-2-4-22-45-36(41)46-32-19-15-30(16-20-32)38(42)43/h5-12,15-20,23,29H,2-4,13-14,21-22H2,1H3,(H,37,40). The van der Waals surface area contributed by atoms with E-state index in [1.807, 2.05) is 37.3 Å². The number of unbranched alkanes of at least 4 members (excludes halogenated alkanes) is 2. The molecule has 46 heavy (non-hydrogen) atoms. The summed E-state index contributed by atoms with van der Waals surface area (Å²) in [4.78, 5) is 47.6. The van der Waals surface area contributed by atoms with Gasteiger partial charge in [0.2, 0.25) is 0 Å². The van der Waals surface area contributed by atoms with E-state index < -0.39 is 11.1 Å².